The molecular weight excluding hydrogens is 246 g/mol. The standard InChI is InChI=1S/C17H21N3/c1-3-9-18-16-10-12(2)19-17(20-16)15-6-4-5-14(11-15)13-7-8-13/h4-6,10-11,13H,3,7-9H2,1-2H3,(H,18,19,20). The van der Waals surface area contributed by atoms with Gasteiger partial charge >= 0.3 is 0 Å². The van der Waals surface area contributed by atoms with Crippen molar-refractivity contribution in [1.82, 2.24) is 9.97 Å². The van der Waals surface area contributed by atoms with Crippen LogP contribution in [0.5, 0.6) is 0 Å². The van der Waals surface area contributed by atoms with E-state index in [1.165, 1.54) is 18.4 Å². The summed E-state index contributed by atoms with van der Waals surface area (Å²) in [7, 11) is 0. The zero-order chi connectivity index (χ0) is 13.9. The lowest BCUT2D eigenvalue weighted by atomic mass is 10.1. The Kier molecular flexibility index (Phi) is 3.68. The number of anilines is 1. The molecule has 3 rings (SSSR count). The minimum absolute atomic E-state index is 0.762. The Labute approximate surface area is 120 Å². The van der Waals surface area contributed by atoms with Crippen molar-refractivity contribution in [3.8, 4) is 11.4 Å². The summed E-state index contributed by atoms with van der Waals surface area (Å²) < 4.78 is 0. The van der Waals surface area contributed by atoms with Crippen molar-refractivity contribution >= 4 is 5.82 Å². The molecular formula is C17H21N3. The molecule has 1 aliphatic rings. The van der Waals surface area contributed by atoms with Crippen LogP contribution >= 0.6 is 0 Å². The average molecular weight is 267 g/mol. The summed E-state index contributed by atoms with van der Waals surface area (Å²) in [6.45, 7) is 5.12. The smallest absolute Gasteiger partial charge is 0.161 e. The molecule has 0 aliphatic heterocycles. The maximum Gasteiger partial charge on any atom is 0.161 e. The van der Waals surface area contributed by atoms with Crippen LogP contribution in [0.1, 0.15) is 43.4 Å². The zero-order valence-electron chi connectivity index (χ0n) is 12.2. The number of aromatic nitrogens is 2. The molecule has 1 heterocycles. The Morgan fingerprint density at radius 1 is 1.20 bits per heavy atom. The minimum atomic E-state index is 0.762. The molecule has 3 heteroatoms. The van der Waals surface area contributed by atoms with Crippen molar-refractivity contribution in [3.05, 3.63) is 41.6 Å². The van der Waals surface area contributed by atoms with Gasteiger partial charge in [-0.05, 0) is 43.7 Å². The van der Waals surface area contributed by atoms with Crippen molar-refractivity contribution in [2.75, 3.05) is 11.9 Å². The zero-order valence-corrected chi connectivity index (χ0v) is 12.2. The highest BCUT2D eigenvalue weighted by Crippen LogP contribution is 2.40. The Hall–Kier alpha value is -1.90. The van der Waals surface area contributed by atoms with Crippen LogP contribution in [0.4, 0.5) is 5.82 Å². The first-order chi connectivity index (χ1) is 9.76. The van der Waals surface area contributed by atoms with Crippen LogP contribution in [0, 0.1) is 6.92 Å². The first-order valence-electron chi connectivity index (χ1n) is 7.46. The minimum Gasteiger partial charge on any atom is -0.370 e. The molecule has 3 nitrogen and oxygen atoms in total. The third-order valence-corrected chi connectivity index (χ3v) is 3.60. The van der Waals surface area contributed by atoms with Crippen LogP contribution in [-0.2, 0) is 0 Å². The SMILES string of the molecule is CCCNc1cc(C)nc(-c2cccc(C3CC3)c2)n1. The van der Waals surface area contributed by atoms with Gasteiger partial charge in [0.2, 0.25) is 0 Å². The molecule has 0 unspecified atom stereocenters. The van der Waals surface area contributed by atoms with Crippen LogP contribution < -0.4 is 5.32 Å². The van der Waals surface area contributed by atoms with Gasteiger partial charge in [-0.3, -0.25) is 0 Å². The monoisotopic (exact) mass is 267 g/mol. The molecule has 1 N–H and O–H groups in total. The molecule has 20 heavy (non-hydrogen) atoms. The second-order valence-corrected chi connectivity index (χ2v) is 5.54. The van der Waals surface area contributed by atoms with E-state index in [1.54, 1.807) is 0 Å². The van der Waals surface area contributed by atoms with Crippen LogP contribution in [0.15, 0.2) is 30.3 Å². The van der Waals surface area contributed by atoms with E-state index in [0.29, 0.717) is 0 Å². The van der Waals surface area contributed by atoms with E-state index in [9.17, 15) is 0 Å². The predicted molar refractivity (Wildman–Crippen MR) is 83.0 cm³/mol. The molecule has 1 aliphatic carbocycles. The topological polar surface area (TPSA) is 37.8 Å². The number of nitrogens with zero attached hydrogens (tertiary/aromatic N) is 2. The molecule has 1 aromatic heterocycles. The summed E-state index contributed by atoms with van der Waals surface area (Å²) in [6, 6.07) is 10.7. The van der Waals surface area contributed by atoms with Crippen LogP contribution in [0.3, 0.4) is 0 Å². The summed E-state index contributed by atoms with van der Waals surface area (Å²) in [6.07, 6.45) is 3.73. The molecule has 1 aromatic carbocycles. The highest BCUT2D eigenvalue weighted by Gasteiger charge is 2.23. The number of rotatable bonds is 5. The summed E-state index contributed by atoms with van der Waals surface area (Å²) >= 11 is 0. The molecule has 1 fully saturated rings. The fourth-order valence-electron chi connectivity index (χ4n) is 2.39. The number of aryl methyl sites for hydroxylation is 1. The highest BCUT2D eigenvalue weighted by atomic mass is 15.0. The van der Waals surface area contributed by atoms with Gasteiger partial charge in [0.25, 0.3) is 0 Å². The molecule has 1 saturated carbocycles. The van der Waals surface area contributed by atoms with Gasteiger partial charge in [-0.15, -0.1) is 0 Å². The largest absolute Gasteiger partial charge is 0.370 e. The summed E-state index contributed by atoms with van der Waals surface area (Å²) in [5.74, 6) is 2.51. The lowest BCUT2D eigenvalue weighted by molar-refractivity contribution is 0.962. The number of nitrogens with one attached hydrogen (secondary N) is 1. The predicted octanol–water partition coefficient (Wildman–Crippen LogP) is 4.15. The van der Waals surface area contributed by atoms with Crippen molar-refractivity contribution in [2.45, 2.75) is 39.0 Å². The fourth-order valence-corrected chi connectivity index (χ4v) is 2.39. The normalized spacial score (nSPS) is 14.3. The molecule has 0 bridgehead atoms. The van der Waals surface area contributed by atoms with Gasteiger partial charge in [-0.1, -0.05) is 25.1 Å². The van der Waals surface area contributed by atoms with Crippen molar-refractivity contribution in [1.29, 1.82) is 0 Å². The summed E-state index contributed by atoms with van der Waals surface area (Å²) in [5.41, 5.74) is 3.55. The molecule has 0 amide bonds. The van der Waals surface area contributed by atoms with Crippen LogP contribution in [0.2, 0.25) is 0 Å². The van der Waals surface area contributed by atoms with Gasteiger partial charge in [-0.2, -0.15) is 0 Å². The van der Waals surface area contributed by atoms with Gasteiger partial charge in [0.05, 0.1) is 0 Å². The Morgan fingerprint density at radius 3 is 2.80 bits per heavy atom. The van der Waals surface area contributed by atoms with Gasteiger partial charge in [0.15, 0.2) is 5.82 Å². The van der Waals surface area contributed by atoms with Gasteiger partial charge in [0, 0.05) is 23.9 Å². The molecule has 2 aromatic rings. The van der Waals surface area contributed by atoms with E-state index in [4.69, 9.17) is 0 Å². The highest BCUT2D eigenvalue weighted by molar-refractivity contribution is 5.59. The van der Waals surface area contributed by atoms with Gasteiger partial charge < -0.3 is 5.32 Å². The third-order valence-electron chi connectivity index (χ3n) is 3.60. The first kappa shape index (κ1) is 13.1. The molecule has 0 radical (unpaired) electrons. The Bertz CT molecular complexity index is 603. The van der Waals surface area contributed by atoms with Crippen LogP contribution in [-0.4, -0.2) is 16.5 Å². The maximum absolute atomic E-state index is 4.64. The molecule has 0 saturated heterocycles. The Balaban J connectivity index is 1.92. The van der Waals surface area contributed by atoms with Gasteiger partial charge in [-0.25, -0.2) is 9.97 Å². The molecule has 104 valence electrons. The number of benzene rings is 1. The molecule has 0 atom stereocenters. The second-order valence-electron chi connectivity index (χ2n) is 5.54. The summed E-state index contributed by atoms with van der Waals surface area (Å²) in [4.78, 5) is 9.22. The van der Waals surface area contributed by atoms with E-state index < -0.39 is 0 Å². The van der Waals surface area contributed by atoms with Gasteiger partial charge in [0.1, 0.15) is 5.82 Å². The van der Waals surface area contributed by atoms with Crippen LogP contribution in [0.25, 0.3) is 11.4 Å². The number of hydrogen-bond acceptors (Lipinski definition) is 3. The Morgan fingerprint density at radius 2 is 2.05 bits per heavy atom. The van der Waals surface area contributed by atoms with E-state index in [2.05, 4.69) is 46.5 Å². The van der Waals surface area contributed by atoms with E-state index in [1.807, 2.05) is 13.0 Å². The van der Waals surface area contributed by atoms with E-state index >= 15 is 0 Å². The third kappa shape index (κ3) is 2.98. The molecule has 0 spiro atoms. The quantitative estimate of drug-likeness (QED) is 0.884. The van der Waals surface area contributed by atoms with Crippen molar-refractivity contribution in [3.63, 3.8) is 0 Å². The lowest BCUT2D eigenvalue weighted by Crippen LogP contribution is -2.04. The average Bonchev–Trinajstić information content (AvgIpc) is 3.29. The van der Waals surface area contributed by atoms with E-state index in [-0.39, 0.29) is 0 Å². The fraction of sp³-hybridized carbons (Fsp3) is 0.412. The first-order valence-corrected chi connectivity index (χ1v) is 7.46. The van der Waals surface area contributed by atoms with Crippen molar-refractivity contribution in [2.24, 2.45) is 0 Å². The lowest BCUT2D eigenvalue weighted by Gasteiger charge is -2.08. The summed E-state index contributed by atoms with van der Waals surface area (Å²) in [5, 5.41) is 3.34. The van der Waals surface area contributed by atoms with E-state index in [0.717, 1.165) is 41.8 Å². The maximum atomic E-state index is 4.64. The second kappa shape index (κ2) is 5.61. The number of hydrogen-bond donors (Lipinski definition) is 1. The van der Waals surface area contributed by atoms with Crippen molar-refractivity contribution < 1.29 is 0 Å².